The minimum absolute atomic E-state index is 0.0841. The standard InChI is InChI=1S/C16H15ClN4O/c1-22-16-19-6-5-13(21-16)8-14(15-9-18-10-20-15)11-3-2-4-12(17)7-11/h2-7,9-10,14H,8H2,1H3,(H,18,20). The van der Waals surface area contributed by atoms with E-state index in [2.05, 4.69) is 26.0 Å². The van der Waals surface area contributed by atoms with Crippen LogP contribution in [0.3, 0.4) is 0 Å². The summed E-state index contributed by atoms with van der Waals surface area (Å²) >= 11 is 6.13. The molecule has 1 aromatic carbocycles. The van der Waals surface area contributed by atoms with Crippen LogP contribution in [0.5, 0.6) is 6.01 Å². The molecule has 0 saturated heterocycles. The van der Waals surface area contributed by atoms with E-state index in [0.29, 0.717) is 17.5 Å². The van der Waals surface area contributed by atoms with Crippen molar-refractivity contribution in [1.29, 1.82) is 0 Å². The van der Waals surface area contributed by atoms with Crippen molar-refractivity contribution in [2.24, 2.45) is 0 Å². The Morgan fingerprint density at radius 3 is 2.95 bits per heavy atom. The van der Waals surface area contributed by atoms with Gasteiger partial charge in [0.2, 0.25) is 0 Å². The summed E-state index contributed by atoms with van der Waals surface area (Å²) in [5, 5.41) is 0.710. The molecule has 112 valence electrons. The number of nitrogens with one attached hydrogen (secondary N) is 1. The summed E-state index contributed by atoms with van der Waals surface area (Å²) in [6.07, 6.45) is 5.89. The molecule has 1 N–H and O–H groups in total. The molecule has 3 rings (SSSR count). The van der Waals surface area contributed by atoms with Crippen molar-refractivity contribution in [3.63, 3.8) is 0 Å². The first kappa shape index (κ1) is 14.5. The Hall–Kier alpha value is -2.40. The van der Waals surface area contributed by atoms with Gasteiger partial charge in [0.25, 0.3) is 0 Å². The van der Waals surface area contributed by atoms with Gasteiger partial charge in [0.1, 0.15) is 0 Å². The third-order valence-corrected chi connectivity index (χ3v) is 3.67. The summed E-state index contributed by atoms with van der Waals surface area (Å²) in [6.45, 7) is 0. The van der Waals surface area contributed by atoms with E-state index >= 15 is 0 Å². The number of H-pyrrole nitrogens is 1. The predicted molar refractivity (Wildman–Crippen MR) is 84.2 cm³/mol. The Morgan fingerprint density at radius 2 is 2.23 bits per heavy atom. The fourth-order valence-electron chi connectivity index (χ4n) is 2.39. The first-order valence-electron chi connectivity index (χ1n) is 6.86. The molecule has 0 spiro atoms. The number of ether oxygens (including phenoxy) is 1. The van der Waals surface area contributed by atoms with E-state index in [-0.39, 0.29) is 5.92 Å². The number of nitrogens with zero attached hydrogens (tertiary/aromatic N) is 3. The summed E-state index contributed by atoms with van der Waals surface area (Å²) < 4.78 is 5.09. The van der Waals surface area contributed by atoms with E-state index in [0.717, 1.165) is 17.0 Å². The number of aromatic amines is 1. The van der Waals surface area contributed by atoms with Gasteiger partial charge in [-0.2, -0.15) is 0 Å². The molecule has 0 radical (unpaired) electrons. The second-order valence-corrected chi connectivity index (χ2v) is 5.29. The molecule has 0 amide bonds. The molecule has 2 heterocycles. The van der Waals surface area contributed by atoms with Crippen molar-refractivity contribution >= 4 is 11.6 Å². The van der Waals surface area contributed by atoms with Crippen molar-refractivity contribution in [2.75, 3.05) is 7.11 Å². The number of imidazole rings is 1. The Morgan fingerprint density at radius 1 is 1.32 bits per heavy atom. The summed E-state index contributed by atoms with van der Waals surface area (Å²) in [5.74, 6) is 0.0841. The second-order valence-electron chi connectivity index (χ2n) is 4.85. The number of methoxy groups -OCH3 is 1. The maximum Gasteiger partial charge on any atom is 0.316 e. The number of aromatic nitrogens is 4. The minimum Gasteiger partial charge on any atom is -0.467 e. The first-order valence-corrected chi connectivity index (χ1v) is 7.23. The largest absolute Gasteiger partial charge is 0.467 e. The summed E-state index contributed by atoms with van der Waals surface area (Å²) in [4.78, 5) is 15.7. The van der Waals surface area contributed by atoms with Crippen LogP contribution in [-0.4, -0.2) is 27.0 Å². The highest BCUT2D eigenvalue weighted by atomic mass is 35.5. The number of hydrogen-bond donors (Lipinski definition) is 1. The number of hydrogen-bond acceptors (Lipinski definition) is 4. The van der Waals surface area contributed by atoms with Gasteiger partial charge in [-0.15, -0.1) is 0 Å². The molecule has 0 saturated carbocycles. The maximum absolute atomic E-state index is 6.13. The zero-order valence-corrected chi connectivity index (χ0v) is 12.8. The van der Waals surface area contributed by atoms with E-state index in [1.165, 1.54) is 0 Å². The highest BCUT2D eigenvalue weighted by Gasteiger charge is 2.18. The molecule has 0 aliphatic heterocycles. The lowest BCUT2D eigenvalue weighted by molar-refractivity contribution is 0.377. The lowest BCUT2D eigenvalue weighted by atomic mass is 9.91. The van der Waals surface area contributed by atoms with E-state index in [4.69, 9.17) is 16.3 Å². The fraction of sp³-hybridized carbons (Fsp3) is 0.188. The van der Waals surface area contributed by atoms with Crippen molar-refractivity contribution in [3.05, 3.63) is 71.0 Å². The van der Waals surface area contributed by atoms with Gasteiger partial charge in [-0.3, -0.25) is 0 Å². The van der Waals surface area contributed by atoms with Gasteiger partial charge in [0.15, 0.2) is 0 Å². The average Bonchev–Trinajstić information content (AvgIpc) is 3.07. The number of rotatable bonds is 5. The first-order chi connectivity index (χ1) is 10.8. The fourth-order valence-corrected chi connectivity index (χ4v) is 2.58. The Labute approximate surface area is 133 Å². The second kappa shape index (κ2) is 6.58. The van der Waals surface area contributed by atoms with Gasteiger partial charge >= 0.3 is 6.01 Å². The summed E-state index contributed by atoms with van der Waals surface area (Å²) in [5.41, 5.74) is 3.01. The molecule has 2 aromatic heterocycles. The predicted octanol–water partition coefficient (Wildman–Crippen LogP) is 3.24. The Kier molecular flexibility index (Phi) is 4.34. The van der Waals surface area contributed by atoms with Gasteiger partial charge < -0.3 is 9.72 Å². The monoisotopic (exact) mass is 314 g/mol. The molecule has 6 heteroatoms. The van der Waals surface area contributed by atoms with E-state index in [9.17, 15) is 0 Å². The van der Waals surface area contributed by atoms with Gasteiger partial charge in [-0.05, 0) is 23.8 Å². The Bertz CT molecular complexity index is 745. The SMILES string of the molecule is COc1nccc(CC(c2cccc(Cl)c2)c2cnc[nH]2)n1. The molecular weight excluding hydrogens is 300 g/mol. The molecule has 22 heavy (non-hydrogen) atoms. The van der Waals surface area contributed by atoms with Gasteiger partial charge in [-0.1, -0.05) is 23.7 Å². The van der Waals surface area contributed by atoms with Crippen LogP contribution in [-0.2, 0) is 6.42 Å². The molecule has 5 nitrogen and oxygen atoms in total. The smallest absolute Gasteiger partial charge is 0.316 e. The molecule has 0 fully saturated rings. The van der Waals surface area contributed by atoms with E-state index in [1.807, 2.05) is 30.5 Å². The van der Waals surface area contributed by atoms with Crippen LogP contribution < -0.4 is 4.74 Å². The quantitative estimate of drug-likeness (QED) is 0.785. The zero-order valence-electron chi connectivity index (χ0n) is 12.0. The molecule has 1 unspecified atom stereocenters. The number of benzene rings is 1. The molecular formula is C16H15ClN4O. The van der Waals surface area contributed by atoms with Crippen LogP contribution in [0.2, 0.25) is 5.02 Å². The minimum atomic E-state index is 0.0841. The third-order valence-electron chi connectivity index (χ3n) is 3.43. The molecule has 0 bridgehead atoms. The molecule has 3 aromatic rings. The van der Waals surface area contributed by atoms with E-state index < -0.39 is 0 Å². The highest BCUT2D eigenvalue weighted by Crippen LogP contribution is 2.28. The third kappa shape index (κ3) is 3.26. The van der Waals surface area contributed by atoms with E-state index in [1.54, 1.807) is 19.6 Å². The molecule has 1 atom stereocenters. The van der Waals surface area contributed by atoms with Crippen LogP contribution in [0.15, 0.2) is 49.1 Å². The average molecular weight is 315 g/mol. The van der Waals surface area contributed by atoms with Crippen LogP contribution in [0.25, 0.3) is 0 Å². The van der Waals surface area contributed by atoms with Gasteiger partial charge in [-0.25, -0.2) is 15.0 Å². The summed E-state index contributed by atoms with van der Waals surface area (Å²) in [6, 6.07) is 10.1. The Balaban J connectivity index is 1.95. The van der Waals surface area contributed by atoms with Crippen LogP contribution >= 0.6 is 11.6 Å². The lowest BCUT2D eigenvalue weighted by Crippen LogP contribution is -2.08. The van der Waals surface area contributed by atoms with Crippen molar-refractivity contribution in [2.45, 2.75) is 12.3 Å². The zero-order chi connectivity index (χ0) is 15.4. The van der Waals surface area contributed by atoms with Crippen molar-refractivity contribution in [3.8, 4) is 6.01 Å². The molecule has 0 aliphatic carbocycles. The van der Waals surface area contributed by atoms with Crippen LogP contribution in [0.4, 0.5) is 0 Å². The molecule has 0 aliphatic rings. The van der Waals surface area contributed by atoms with Gasteiger partial charge in [0, 0.05) is 41.1 Å². The highest BCUT2D eigenvalue weighted by molar-refractivity contribution is 6.30. The maximum atomic E-state index is 6.13. The summed E-state index contributed by atoms with van der Waals surface area (Å²) in [7, 11) is 1.56. The normalized spacial score (nSPS) is 12.1. The van der Waals surface area contributed by atoms with Crippen LogP contribution in [0, 0.1) is 0 Å². The van der Waals surface area contributed by atoms with Crippen LogP contribution in [0.1, 0.15) is 22.9 Å². The lowest BCUT2D eigenvalue weighted by Gasteiger charge is -2.16. The van der Waals surface area contributed by atoms with Gasteiger partial charge in [0.05, 0.1) is 13.4 Å². The van der Waals surface area contributed by atoms with Crippen molar-refractivity contribution < 1.29 is 4.74 Å². The van der Waals surface area contributed by atoms with Crippen molar-refractivity contribution in [1.82, 2.24) is 19.9 Å². The number of halogens is 1. The topological polar surface area (TPSA) is 63.7 Å².